The van der Waals surface area contributed by atoms with Crippen LogP contribution in [0.1, 0.15) is 37.6 Å². The topological polar surface area (TPSA) is 84.2 Å². The molecular formula is C15H23Cl2N3O2. The molecule has 5 nitrogen and oxygen atoms in total. The molecule has 1 rings (SSSR count). The molecule has 1 aromatic carbocycles. The number of amides is 2. The molecule has 1 aromatic rings. The van der Waals surface area contributed by atoms with E-state index in [9.17, 15) is 9.59 Å². The van der Waals surface area contributed by atoms with Crippen LogP contribution in [-0.4, -0.2) is 24.4 Å². The summed E-state index contributed by atoms with van der Waals surface area (Å²) >= 11 is 6.03. The average molecular weight is 348 g/mol. The lowest BCUT2D eigenvalue weighted by molar-refractivity contribution is -0.118. The Morgan fingerprint density at radius 2 is 1.91 bits per heavy atom. The molecule has 0 radical (unpaired) electrons. The predicted molar refractivity (Wildman–Crippen MR) is 92.8 cm³/mol. The first kappa shape index (κ1) is 20.7. The zero-order valence-corrected chi connectivity index (χ0v) is 14.6. The number of carbonyl (C=O) groups excluding carboxylic acids is 2. The molecule has 0 fully saturated rings. The molecule has 7 heteroatoms. The van der Waals surface area contributed by atoms with Crippen LogP contribution in [-0.2, 0) is 4.79 Å². The highest BCUT2D eigenvalue weighted by molar-refractivity contribution is 6.34. The minimum Gasteiger partial charge on any atom is -0.352 e. The number of anilines is 1. The molecule has 124 valence electrons. The minimum absolute atomic E-state index is 0. The Hall–Kier alpha value is -1.30. The third-order valence-electron chi connectivity index (χ3n) is 2.89. The first-order chi connectivity index (χ1) is 9.81. The van der Waals surface area contributed by atoms with Crippen molar-refractivity contribution in [2.24, 2.45) is 11.7 Å². The van der Waals surface area contributed by atoms with Crippen LogP contribution in [0.3, 0.4) is 0 Å². The first-order valence-corrected chi connectivity index (χ1v) is 7.33. The highest BCUT2D eigenvalue weighted by Gasteiger charge is 2.13. The van der Waals surface area contributed by atoms with Crippen molar-refractivity contribution in [1.29, 1.82) is 0 Å². The Balaban J connectivity index is 0.00000441. The van der Waals surface area contributed by atoms with Gasteiger partial charge in [0.05, 0.1) is 10.6 Å². The quantitative estimate of drug-likeness (QED) is 0.739. The minimum atomic E-state index is -0.277. The standard InChI is InChI=1S/C15H22ClN3O2.ClH/c1-9(2)14(20)19-11-4-5-13(16)12(8-11)15(21)18-7-6-10(3)17;/h4-5,8-10H,6-7,17H2,1-3H3,(H,18,21)(H,19,20);1H. The van der Waals surface area contributed by atoms with E-state index in [0.29, 0.717) is 29.2 Å². The summed E-state index contributed by atoms with van der Waals surface area (Å²) in [6.07, 6.45) is 0.688. The van der Waals surface area contributed by atoms with Gasteiger partial charge in [0.1, 0.15) is 0 Å². The number of rotatable bonds is 6. The van der Waals surface area contributed by atoms with Crippen molar-refractivity contribution in [1.82, 2.24) is 5.32 Å². The summed E-state index contributed by atoms with van der Waals surface area (Å²) in [5.74, 6) is -0.522. The summed E-state index contributed by atoms with van der Waals surface area (Å²) in [6.45, 7) is 5.95. The molecule has 0 aliphatic heterocycles. The van der Waals surface area contributed by atoms with E-state index in [1.165, 1.54) is 0 Å². The number of halogens is 2. The largest absolute Gasteiger partial charge is 0.352 e. The van der Waals surface area contributed by atoms with Gasteiger partial charge in [0, 0.05) is 24.2 Å². The zero-order chi connectivity index (χ0) is 16.0. The van der Waals surface area contributed by atoms with Gasteiger partial charge >= 0.3 is 0 Å². The number of hydrogen-bond acceptors (Lipinski definition) is 3. The molecule has 0 saturated heterocycles. The maximum atomic E-state index is 12.1. The van der Waals surface area contributed by atoms with Gasteiger partial charge in [-0.15, -0.1) is 12.4 Å². The highest BCUT2D eigenvalue weighted by atomic mass is 35.5. The molecule has 0 bridgehead atoms. The van der Waals surface area contributed by atoms with Gasteiger partial charge in [-0.3, -0.25) is 9.59 Å². The summed E-state index contributed by atoms with van der Waals surface area (Å²) in [5, 5.41) is 5.84. The van der Waals surface area contributed by atoms with E-state index in [1.54, 1.807) is 32.0 Å². The molecule has 0 heterocycles. The van der Waals surface area contributed by atoms with E-state index in [2.05, 4.69) is 10.6 Å². The zero-order valence-electron chi connectivity index (χ0n) is 13.0. The highest BCUT2D eigenvalue weighted by Crippen LogP contribution is 2.21. The van der Waals surface area contributed by atoms with Crippen LogP contribution in [0.4, 0.5) is 5.69 Å². The lowest BCUT2D eigenvalue weighted by atomic mass is 10.1. The average Bonchev–Trinajstić information content (AvgIpc) is 2.40. The van der Waals surface area contributed by atoms with E-state index in [-0.39, 0.29) is 36.2 Å². The van der Waals surface area contributed by atoms with Gasteiger partial charge in [0.2, 0.25) is 5.91 Å². The molecule has 0 aliphatic carbocycles. The van der Waals surface area contributed by atoms with Crippen LogP contribution in [0.15, 0.2) is 18.2 Å². The molecule has 1 atom stereocenters. The van der Waals surface area contributed by atoms with Crippen LogP contribution < -0.4 is 16.4 Å². The van der Waals surface area contributed by atoms with Gasteiger partial charge in [-0.05, 0) is 31.5 Å². The molecule has 0 aromatic heterocycles. The number of benzene rings is 1. The fourth-order valence-electron chi connectivity index (χ4n) is 1.57. The summed E-state index contributed by atoms with van der Waals surface area (Å²) < 4.78 is 0. The Morgan fingerprint density at radius 1 is 1.27 bits per heavy atom. The fraction of sp³-hybridized carbons (Fsp3) is 0.467. The molecule has 0 saturated carbocycles. The van der Waals surface area contributed by atoms with Gasteiger partial charge in [-0.2, -0.15) is 0 Å². The van der Waals surface area contributed by atoms with E-state index in [4.69, 9.17) is 17.3 Å². The van der Waals surface area contributed by atoms with Gasteiger partial charge in [-0.25, -0.2) is 0 Å². The van der Waals surface area contributed by atoms with Crippen molar-refractivity contribution in [2.75, 3.05) is 11.9 Å². The Morgan fingerprint density at radius 3 is 2.45 bits per heavy atom. The third-order valence-corrected chi connectivity index (χ3v) is 3.22. The molecule has 4 N–H and O–H groups in total. The molecule has 2 amide bonds. The lowest BCUT2D eigenvalue weighted by Gasteiger charge is -2.11. The smallest absolute Gasteiger partial charge is 0.252 e. The molecule has 0 spiro atoms. The van der Waals surface area contributed by atoms with Crippen molar-refractivity contribution in [2.45, 2.75) is 33.2 Å². The Labute approximate surface area is 142 Å². The van der Waals surface area contributed by atoms with Crippen LogP contribution in [0.5, 0.6) is 0 Å². The number of hydrogen-bond donors (Lipinski definition) is 3. The summed E-state index contributed by atoms with van der Waals surface area (Å²) in [5.41, 5.74) is 6.52. The van der Waals surface area contributed by atoms with Gasteiger partial charge < -0.3 is 16.4 Å². The van der Waals surface area contributed by atoms with E-state index < -0.39 is 0 Å². The second-order valence-electron chi connectivity index (χ2n) is 5.36. The Bertz CT molecular complexity index is 520. The van der Waals surface area contributed by atoms with Crippen LogP contribution >= 0.6 is 24.0 Å². The van der Waals surface area contributed by atoms with E-state index in [1.807, 2.05) is 6.92 Å². The summed E-state index contributed by atoms with van der Waals surface area (Å²) in [6, 6.07) is 4.86. The van der Waals surface area contributed by atoms with Crippen molar-refractivity contribution in [3.63, 3.8) is 0 Å². The SMILES string of the molecule is CC(N)CCNC(=O)c1cc(NC(=O)C(C)C)ccc1Cl.Cl. The predicted octanol–water partition coefficient (Wildman–Crippen LogP) is 2.82. The number of nitrogens with two attached hydrogens (primary N) is 1. The first-order valence-electron chi connectivity index (χ1n) is 6.95. The third kappa shape index (κ3) is 6.64. The van der Waals surface area contributed by atoms with Crippen LogP contribution in [0.2, 0.25) is 5.02 Å². The second kappa shape index (κ2) is 9.66. The molecule has 22 heavy (non-hydrogen) atoms. The monoisotopic (exact) mass is 347 g/mol. The molecular weight excluding hydrogens is 325 g/mol. The van der Waals surface area contributed by atoms with Crippen molar-refractivity contribution < 1.29 is 9.59 Å². The number of carbonyl (C=O) groups is 2. The second-order valence-corrected chi connectivity index (χ2v) is 5.77. The van der Waals surface area contributed by atoms with Gasteiger partial charge in [-0.1, -0.05) is 25.4 Å². The van der Waals surface area contributed by atoms with Gasteiger partial charge in [0.15, 0.2) is 0 Å². The van der Waals surface area contributed by atoms with Gasteiger partial charge in [0.25, 0.3) is 5.91 Å². The van der Waals surface area contributed by atoms with Crippen LogP contribution in [0.25, 0.3) is 0 Å². The normalized spacial score (nSPS) is 11.5. The van der Waals surface area contributed by atoms with Crippen molar-refractivity contribution in [3.8, 4) is 0 Å². The van der Waals surface area contributed by atoms with Crippen molar-refractivity contribution >= 4 is 41.5 Å². The Kier molecular flexibility index (Phi) is 9.09. The van der Waals surface area contributed by atoms with E-state index >= 15 is 0 Å². The maximum absolute atomic E-state index is 12.1. The summed E-state index contributed by atoms with van der Waals surface area (Å²) in [7, 11) is 0. The van der Waals surface area contributed by atoms with Crippen molar-refractivity contribution in [3.05, 3.63) is 28.8 Å². The lowest BCUT2D eigenvalue weighted by Crippen LogP contribution is -2.29. The fourth-order valence-corrected chi connectivity index (χ4v) is 1.78. The maximum Gasteiger partial charge on any atom is 0.252 e. The summed E-state index contributed by atoms with van der Waals surface area (Å²) in [4.78, 5) is 23.7. The molecule has 0 aliphatic rings. The number of nitrogens with one attached hydrogen (secondary N) is 2. The van der Waals surface area contributed by atoms with E-state index in [0.717, 1.165) is 0 Å². The van der Waals surface area contributed by atoms with Crippen LogP contribution in [0, 0.1) is 5.92 Å². The molecule has 1 unspecified atom stereocenters.